The minimum absolute atomic E-state index is 0.0561. The van der Waals surface area contributed by atoms with E-state index in [1.54, 1.807) is 30.3 Å². The summed E-state index contributed by atoms with van der Waals surface area (Å²) in [5, 5.41) is 9.21. The average Bonchev–Trinajstić information content (AvgIpc) is 2.75. The van der Waals surface area contributed by atoms with Crippen LogP contribution >= 0.6 is 11.6 Å². The Balaban J connectivity index is 1.61. The van der Waals surface area contributed by atoms with Gasteiger partial charge < -0.3 is 20.7 Å². The molecule has 30 heavy (non-hydrogen) atoms. The number of benzene rings is 3. The zero-order valence-electron chi connectivity index (χ0n) is 16.7. The number of hydrogen-bond acceptors (Lipinski definition) is 4. The Morgan fingerprint density at radius 1 is 0.933 bits per heavy atom. The van der Waals surface area contributed by atoms with Crippen LogP contribution in [-0.4, -0.2) is 25.5 Å². The molecule has 7 heteroatoms. The zero-order chi connectivity index (χ0) is 21.5. The Labute approximate surface area is 180 Å². The van der Waals surface area contributed by atoms with Crippen LogP contribution in [0.3, 0.4) is 0 Å². The predicted octanol–water partition coefficient (Wildman–Crippen LogP) is 4.96. The topological polar surface area (TPSA) is 79.5 Å². The molecule has 0 aliphatic carbocycles. The normalized spacial score (nSPS) is 10.2. The average molecular weight is 424 g/mol. The van der Waals surface area contributed by atoms with E-state index in [2.05, 4.69) is 16.0 Å². The number of halogens is 1. The molecule has 0 atom stereocenters. The number of hydrogen-bond donors (Lipinski definition) is 3. The van der Waals surface area contributed by atoms with Gasteiger partial charge in [-0.05, 0) is 55.0 Å². The van der Waals surface area contributed by atoms with Crippen molar-refractivity contribution in [2.24, 2.45) is 0 Å². The third kappa shape index (κ3) is 5.30. The summed E-state index contributed by atoms with van der Waals surface area (Å²) in [6.45, 7) is 1.94. The van der Waals surface area contributed by atoms with Crippen molar-refractivity contribution in [3.05, 3.63) is 82.9 Å². The van der Waals surface area contributed by atoms with Crippen LogP contribution in [0.2, 0.25) is 5.02 Å². The Kier molecular flexibility index (Phi) is 6.93. The number of amides is 2. The van der Waals surface area contributed by atoms with Gasteiger partial charge in [0.1, 0.15) is 5.75 Å². The van der Waals surface area contributed by atoms with E-state index in [-0.39, 0.29) is 18.4 Å². The third-order valence-corrected chi connectivity index (χ3v) is 4.79. The van der Waals surface area contributed by atoms with Crippen molar-refractivity contribution in [1.29, 1.82) is 0 Å². The fourth-order valence-electron chi connectivity index (χ4n) is 2.87. The van der Waals surface area contributed by atoms with Gasteiger partial charge in [-0.2, -0.15) is 0 Å². The van der Waals surface area contributed by atoms with Gasteiger partial charge in [-0.15, -0.1) is 0 Å². The first-order valence-electron chi connectivity index (χ1n) is 9.31. The largest absolute Gasteiger partial charge is 0.495 e. The molecule has 3 aromatic carbocycles. The summed E-state index contributed by atoms with van der Waals surface area (Å²) in [5.41, 5.74) is 3.42. The van der Waals surface area contributed by atoms with Crippen molar-refractivity contribution in [3.8, 4) is 5.75 Å². The standard InChI is InChI=1S/C23H22ClN3O3/c1-15-19(9-6-10-20(15)27-23(29)16-7-4-3-5-8-16)25-14-22(28)26-17-11-12-21(30-2)18(24)13-17/h3-13,25H,14H2,1-2H3,(H,26,28)(H,27,29). The lowest BCUT2D eigenvalue weighted by atomic mass is 10.1. The van der Waals surface area contributed by atoms with Gasteiger partial charge in [0.25, 0.3) is 5.91 Å². The molecule has 154 valence electrons. The Morgan fingerprint density at radius 3 is 2.37 bits per heavy atom. The van der Waals surface area contributed by atoms with E-state index in [0.717, 1.165) is 11.3 Å². The molecule has 0 aliphatic rings. The van der Waals surface area contributed by atoms with E-state index in [9.17, 15) is 9.59 Å². The van der Waals surface area contributed by atoms with Crippen molar-refractivity contribution in [2.45, 2.75) is 6.92 Å². The summed E-state index contributed by atoms with van der Waals surface area (Å²) in [4.78, 5) is 24.7. The third-order valence-electron chi connectivity index (χ3n) is 4.49. The number of methoxy groups -OCH3 is 1. The highest BCUT2D eigenvalue weighted by Gasteiger charge is 2.11. The van der Waals surface area contributed by atoms with E-state index in [1.807, 2.05) is 43.3 Å². The molecule has 0 fully saturated rings. The molecule has 0 heterocycles. The van der Waals surface area contributed by atoms with Gasteiger partial charge in [0.2, 0.25) is 5.91 Å². The molecule has 0 saturated carbocycles. The Hall–Kier alpha value is -3.51. The maximum atomic E-state index is 12.4. The van der Waals surface area contributed by atoms with Gasteiger partial charge in [0, 0.05) is 22.6 Å². The van der Waals surface area contributed by atoms with Crippen LogP contribution in [0.4, 0.5) is 17.1 Å². The molecule has 3 aromatic rings. The molecule has 3 rings (SSSR count). The van der Waals surface area contributed by atoms with Gasteiger partial charge in [0.05, 0.1) is 18.7 Å². The Bertz CT molecular complexity index is 1050. The van der Waals surface area contributed by atoms with Crippen LogP contribution in [0.1, 0.15) is 15.9 Å². The summed E-state index contributed by atoms with van der Waals surface area (Å²) in [6, 6.07) is 19.5. The maximum absolute atomic E-state index is 12.4. The summed E-state index contributed by atoms with van der Waals surface area (Å²) in [7, 11) is 1.53. The molecule has 0 radical (unpaired) electrons. The van der Waals surface area contributed by atoms with E-state index in [0.29, 0.717) is 27.7 Å². The lowest BCUT2D eigenvalue weighted by Gasteiger charge is -2.14. The molecule has 6 nitrogen and oxygen atoms in total. The second kappa shape index (κ2) is 9.80. The monoisotopic (exact) mass is 423 g/mol. The van der Waals surface area contributed by atoms with E-state index < -0.39 is 0 Å². The number of anilines is 3. The Morgan fingerprint density at radius 2 is 1.67 bits per heavy atom. The van der Waals surface area contributed by atoms with Crippen LogP contribution in [0.5, 0.6) is 5.75 Å². The van der Waals surface area contributed by atoms with Gasteiger partial charge in [-0.1, -0.05) is 35.9 Å². The first kappa shape index (κ1) is 21.2. The van der Waals surface area contributed by atoms with E-state index in [4.69, 9.17) is 16.3 Å². The first-order valence-corrected chi connectivity index (χ1v) is 9.69. The second-order valence-corrected chi connectivity index (χ2v) is 6.96. The van der Waals surface area contributed by atoms with Crippen LogP contribution in [0.25, 0.3) is 0 Å². The lowest BCUT2D eigenvalue weighted by molar-refractivity contribution is -0.114. The van der Waals surface area contributed by atoms with Crippen molar-refractivity contribution in [1.82, 2.24) is 0 Å². The van der Waals surface area contributed by atoms with Crippen molar-refractivity contribution in [2.75, 3.05) is 29.6 Å². The fraction of sp³-hybridized carbons (Fsp3) is 0.130. The van der Waals surface area contributed by atoms with Crippen molar-refractivity contribution in [3.63, 3.8) is 0 Å². The number of nitrogens with one attached hydrogen (secondary N) is 3. The maximum Gasteiger partial charge on any atom is 0.255 e. The predicted molar refractivity (Wildman–Crippen MR) is 121 cm³/mol. The van der Waals surface area contributed by atoms with E-state index >= 15 is 0 Å². The summed E-state index contributed by atoms with van der Waals surface area (Å²) < 4.78 is 5.10. The number of ether oxygens (including phenoxy) is 1. The van der Waals surface area contributed by atoms with Gasteiger partial charge in [-0.3, -0.25) is 9.59 Å². The zero-order valence-corrected chi connectivity index (χ0v) is 17.4. The molecule has 3 N–H and O–H groups in total. The summed E-state index contributed by atoms with van der Waals surface area (Å²) >= 11 is 6.08. The van der Waals surface area contributed by atoms with Gasteiger partial charge in [-0.25, -0.2) is 0 Å². The van der Waals surface area contributed by atoms with Crippen LogP contribution in [0.15, 0.2) is 66.7 Å². The molecule has 0 aliphatic heterocycles. The first-order chi connectivity index (χ1) is 14.5. The van der Waals surface area contributed by atoms with Crippen LogP contribution < -0.4 is 20.7 Å². The molecule has 0 bridgehead atoms. The minimum atomic E-state index is -0.227. The molecular formula is C23H22ClN3O3. The van der Waals surface area contributed by atoms with Gasteiger partial charge >= 0.3 is 0 Å². The molecule has 0 spiro atoms. The smallest absolute Gasteiger partial charge is 0.255 e. The lowest BCUT2D eigenvalue weighted by Crippen LogP contribution is -2.22. The number of carbonyl (C=O) groups excluding carboxylic acids is 2. The van der Waals surface area contributed by atoms with Crippen LogP contribution in [0, 0.1) is 6.92 Å². The minimum Gasteiger partial charge on any atom is -0.495 e. The number of rotatable bonds is 7. The van der Waals surface area contributed by atoms with E-state index in [1.165, 1.54) is 7.11 Å². The summed E-state index contributed by atoms with van der Waals surface area (Å²) in [5.74, 6) is 0.122. The van der Waals surface area contributed by atoms with Crippen LogP contribution in [-0.2, 0) is 4.79 Å². The fourth-order valence-corrected chi connectivity index (χ4v) is 3.13. The van der Waals surface area contributed by atoms with Crippen molar-refractivity contribution >= 4 is 40.5 Å². The highest BCUT2D eigenvalue weighted by Crippen LogP contribution is 2.27. The summed E-state index contributed by atoms with van der Waals surface area (Å²) in [6.07, 6.45) is 0. The molecule has 0 aromatic heterocycles. The molecular weight excluding hydrogens is 402 g/mol. The molecule has 2 amide bonds. The number of carbonyl (C=O) groups is 2. The second-order valence-electron chi connectivity index (χ2n) is 6.55. The van der Waals surface area contributed by atoms with Gasteiger partial charge in [0.15, 0.2) is 0 Å². The molecule has 0 saturated heterocycles. The highest BCUT2D eigenvalue weighted by molar-refractivity contribution is 6.32. The SMILES string of the molecule is COc1ccc(NC(=O)CNc2cccc(NC(=O)c3ccccc3)c2C)cc1Cl. The van der Waals surface area contributed by atoms with Crippen molar-refractivity contribution < 1.29 is 14.3 Å². The highest BCUT2D eigenvalue weighted by atomic mass is 35.5. The quantitative estimate of drug-likeness (QED) is 0.501. The molecule has 0 unspecified atom stereocenters.